The molecule has 0 saturated carbocycles. The highest BCUT2D eigenvalue weighted by Gasteiger charge is 2.32. The van der Waals surface area contributed by atoms with Gasteiger partial charge < -0.3 is 5.32 Å². The van der Waals surface area contributed by atoms with Gasteiger partial charge in [0.2, 0.25) is 15.9 Å². The van der Waals surface area contributed by atoms with E-state index in [9.17, 15) is 13.2 Å². The minimum atomic E-state index is -3.62. The fourth-order valence-electron chi connectivity index (χ4n) is 4.04. The Hall–Kier alpha value is -3.22. The van der Waals surface area contributed by atoms with Crippen molar-refractivity contribution in [1.29, 1.82) is 5.26 Å². The van der Waals surface area contributed by atoms with Gasteiger partial charge in [0.25, 0.3) is 0 Å². The van der Waals surface area contributed by atoms with E-state index in [1.54, 1.807) is 22.9 Å². The van der Waals surface area contributed by atoms with Crippen molar-refractivity contribution >= 4 is 32.5 Å². The van der Waals surface area contributed by atoms with Crippen molar-refractivity contribution in [2.24, 2.45) is 5.92 Å². The number of hydrogen-bond donors (Lipinski definition) is 1. The molecule has 4 rings (SSSR count). The van der Waals surface area contributed by atoms with Crippen molar-refractivity contribution in [3.63, 3.8) is 0 Å². The topological polar surface area (TPSA) is 108 Å². The summed E-state index contributed by atoms with van der Waals surface area (Å²) in [5.74, 6) is 0.137. The number of rotatable bonds is 6. The first-order valence-corrected chi connectivity index (χ1v) is 12.0. The van der Waals surface area contributed by atoms with Gasteiger partial charge in [0.1, 0.15) is 5.82 Å². The minimum absolute atomic E-state index is 0.147. The first-order chi connectivity index (χ1) is 15.4. The lowest BCUT2D eigenvalue weighted by Crippen LogP contribution is -2.41. The summed E-state index contributed by atoms with van der Waals surface area (Å²) >= 11 is 0. The molecule has 0 bridgehead atoms. The van der Waals surface area contributed by atoms with Gasteiger partial charge in [-0.05, 0) is 42.7 Å². The number of amides is 1. The molecule has 2 heterocycles. The summed E-state index contributed by atoms with van der Waals surface area (Å²) in [5, 5.41) is 17.9. The van der Waals surface area contributed by atoms with E-state index in [0.717, 1.165) is 16.5 Å². The first-order valence-electron chi connectivity index (χ1n) is 10.6. The summed E-state index contributed by atoms with van der Waals surface area (Å²) in [6, 6.07) is 16.7. The number of aromatic nitrogens is 2. The lowest BCUT2D eigenvalue weighted by atomic mass is 9.97. The Balaban J connectivity index is 1.41. The number of sulfonamides is 1. The predicted molar refractivity (Wildman–Crippen MR) is 121 cm³/mol. The summed E-state index contributed by atoms with van der Waals surface area (Å²) in [7, 11) is -3.62. The summed E-state index contributed by atoms with van der Waals surface area (Å²) in [6.45, 7) is 2.82. The Bertz CT molecular complexity index is 1280. The number of nitrogens with one attached hydrogen (secondary N) is 1. The predicted octanol–water partition coefficient (Wildman–Crippen LogP) is 3.30. The largest absolute Gasteiger partial charge is 0.311 e. The van der Waals surface area contributed by atoms with Crippen LogP contribution in [0, 0.1) is 24.2 Å². The maximum absolute atomic E-state index is 13.1. The SMILES string of the molecule is Cc1cc(NC(=O)C2CCN(S(=O)(=O)c3ccc4ccccc4c3)CC2)n(CCC#N)n1. The Labute approximate surface area is 187 Å². The van der Waals surface area contributed by atoms with E-state index in [2.05, 4.69) is 16.5 Å². The highest BCUT2D eigenvalue weighted by atomic mass is 32.2. The van der Waals surface area contributed by atoms with Gasteiger partial charge in [0.15, 0.2) is 0 Å². The Kier molecular flexibility index (Phi) is 6.26. The van der Waals surface area contributed by atoms with Crippen LogP contribution in [0.25, 0.3) is 10.8 Å². The maximum atomic E-state index is 13.1. The molecule has 9 heteroatoms. The van der Waals surface area contributed by atoms with Crippen molar-refractivity contribution in [1.82, 2.24) is 14.1 Å². The molecule has 1 saturated heterocycles. The molecule has 1 aliphatic heterocycles. The number of aryl methyl sites for hydroxylation is 2. The Morgan fingerprint density at radius 3 is 2.59 bits per heavy atom. The fraction of sp³-hybridized carbons (Fsp3) is 0.348. The molecule has 8 nitrogen and oxygen atoms in total. The molecule has 1 aromatic heterocycles. The molecular weight excluding hydrogens is 426 g/mol. The van der Waals surface area contributed by atoms with Gasteiger partial charge in [-0.15, -0.1) is 0 Å². The second kappa shape index (κ2) is 9.10. The molecule has 0 atom stereocenters. The molecule has 1 amide bonds. The van der Waals surface area contributed by atoms with Crippen molar-refractivity contribution in [3.8, 4) is 6.07 Å². The molecule has 0 aliphatic carbocycles. The van der Waals surface area contributed by atoms with E-state index < -0.39 is 10.0 Å². The van der Waals surface area contributed by atoms with Crippen LogP contribution in [0.3, 0.4) is 0 Å². The number of carbonyl (C=O) groups is 1. The molecule has 166 valence electrons. The van der Waals surface area contributed by atoms with Crippen LogP contribution in [-0.2, 0) is 21.4 Å². The molecule has 0 radical (unpaired) electrons. The third-order valence-corrected chi connectivity index (χ3v) is 7.67. The van der Waals surface area contributed by atoms with E-state index >= 15 is 0 Å². The molecule has 32 heavy (non-hydrogen) atoms. The van der Waals surface area contributed by atoms with Crippen LogP contribution in [0.2, 0.25) is 0 Å². The zero-order valence-corrected chi connectivity index (χ0v) is 18.7. The summed E-state index contributed by atoms with van der Waals surface area (Å²) in [6.07, 6.45) is 1.20. The molecule has 0 spiro atoms. The normalized spacial score (nSPS) is 15.5. The van der Waals surface area contributed by atoms with Gasteiger partial charge in [-0.1, -0.05) is 30.3 Å². The quantitative estimate of drug-likeness (QED) is 0.619. The van der Waals surface area contributed by atoms with Gasteiger partial charge in [0, 0.05) is 25.1 Å². The molecule has 1 fully saturated rings. The van der Waals surface area contributed by atoms with Crippen molar-refractivity contribution in [2.45, 2.75) is 37.6 Å². The van der Waals surface area contributed by atoms with Gasteiger partial charge in [0.05, 0.1) is 29.6 Å². The monoisotopic (exact) mass is 451 g/mol. The third-order valence-electron chi connectivity index (χ3n) is 5.77. The van der Waals surface area contributed by atoms with Gasteiger partial charge in [-0.2, -0.15) is 14.7 Å². The third kappa shape index (κ3) is 4.52. The number of carbonyl (C=O) groups excluding carboxylic acids is 1. The average Bonchev–Trinajstić information content (AvgIpc) is 3.16. The fourth-order valence-corrected chi connectivity index (χ4v) is 5.54. The van der Waals surface area contributed by atoms with E-state index in [1.165, 1.54) is 4.31 Å². The lowest BCUT2D eigenvalue weighted by Gasteiger charge is -2.30. The standard InChI is InChI=1S/C23H25N5O3S/c1-17-15-22(28(26-17)12-4-11-24)25-23(29)19-9-13-27(14-10-19)32(30,31)21-8-7-18-5-2-3-6-20(18)16-21/h2-3,5-8,15-16,19H,4,9-10,12-14H2,1H3,(H,25,29). The van der Waals surface area contributed by atoms with Crippen LogP contribution in [0.5, 0.6) is 0 Å². The number of fused-ring (bicyclic) bond motifs is 1. The molecular formula is C23H25N5O3S. The Morgan fingerprint density at radius 1 is 1.16 bits per heavy atom. The first kappa shape index (κ1) is 22.0. The van der Waals surface area contributed by atoms with Crippen molar-refractivity contribution < 1.29 is 13.2 Å². The number of hydrogen-bond acceptors (Lipinski definition) is 5. The van der Waals surface area contributed by atoms with Gasteiger partial charge >= 0.3 is 0 Å². The van der Waals surface area contributed by atoms with Gasteiger partial charge in [-0.3, -0.25) is 4.79 Å². The summed E-state index contributed by atoms with van der Waals surface area (Å²) in [4.78, 5) is 13.1. The Morgan fingerprint density at radius 2 is 1.88 bits per heavy atom. The average molecular weight is 452 g/mol. The molecule has 0 unspecified atom stereocenters. The number of anilines is 1. The second-order valence-corrected chi connectivity index (χ2v) is 9.92. The van der Waals surface area contributed by atoms with E-state index in [1.807, 2.05) is 37.3 Å². The number of nitriles is 1. The lowest BCUT2D eigenvalue weighted by molar-refractivity contribution is -0.121. The number of nitrogens with zero attached hydrogens (tertiary/aromatic N) is 4. The van der Waals surface area contributed by atoms with E-state index in [-0.39, 0.29) is 16.7 Å². The van der Waals surface area contributed by atoms with E-state index in [4.69, 9.17) is 5.26 Å². The van der Waals surface area contributed by atoms with Crippen LogP contribution in [0.15, 0.2) is 53.4 Å². The zero-order valence-electron chi connectivity index (χ0n) is 17.9. The number of piperidine rings is 1. The summed E-state index contributed by atoms with van der Waals surface area (Å²) in [5.41, 5.74) is 0.759. The van der Waals surface area contributed by atoms with Crippen LogP contribution in [0.1, 0.15) is 25.0 Å². The van der Waals surface area contributed by atoms with Gasteiger partial charge in [-0.25, -0.2) is 13.1 Å². The van der Waals surface area contributed by atoms with Crippen LogP contribution in [-0.4, -0.2) is 41.5 Å². The van der Waals surface area contributed by atoms with E-state index in [0.29, 0.717) is 44.7 Å². The maximum Gasteiger partial charge on any atom is 0.243 e. The van der Waals surface area contributed by atoms with Crippen molar-refractivity contribution in [3.05, 3.63) is 54.2 Å². The van der Waals surface area contributed by atoms with Crippen LogP contribution >= 0.6 is 0 Å². The molecule has 3 aromatic rings. The second-order valence-electron chi connectivity index (χ2n) is 7.98. The van der Waals surface area contributed by atoms with Crippen LogP contribution in [0.4, 0.5) is 5.82 Å². The highest BCUT2D eigenvalue weighted by Crippen LogP contribution is 2.27. The summed E-state index contributed by atoms with van der Waals surface area (Å²) < 4.78 is 29.3. The smallest absolute Gasteiger partial charge is 0.243 e. The minimum Gasteiger partial charge on any atom is -0.311 e. The molecule has 2 aromatic carbocycles. The molecule has 1 aliphatic rings. The molecule has 1 N–H and O–H groups in total. The van der Waals surface area contributed by atoms with Crippen LogP contribution < -0.4 is 5.32 Å². The zero-order chi connectivity index (χ0) is 22.7. The van der Waals surface area contributed by atoms with Crippen molar-refractivity contribution in [2.75, 3.05) is 18.4 Å². The number of benzene rings is 2. The highest BCUT2D eigenvalue weighted by molar-refractivity contribution is 7.89.